The van der Waals surface area contributed by atoms with Gasteiger partial charge in [0.2, 0.25) is 5.91 Å². The van der Waals surface area contributed by atoms with Crippen LogP contribution >= 0.6 is 11.8 Å². The van der Waals surface area contributed by atoms with Crippen molar-refractivity contribution in [3.8, 4) is 0 Å². The van der Waals surface area contributed by atoms with E-state index in [2.05, 4.69) is 10.6 Å². The molecule has 3 amide bonds. The molecule has 0 heterocycles. The molecule has 1 aromatic rings. The van der Waals surface area contributed by atoms with Crippen LogP contribution in [0.15, 0.2) is 23.1 Å². The van der Waals surface area contributed by atoms with Crippen molar-refractivity contribution in [2.24, 2.45) is 0 Å². The van der Waals surface area contributed by atoms with Gasteiger partial charge in [0.1, 0.15) is 5.82 Å². The van der Waals surface area contributed by atoms with Crippen LogP contribution in [0.4, 0.5) is 9.18 Å². The fraction of sp³-hybridized carbons (Fsp3) is 0.308. The molecule has 0 aromatic heterocycles. The molecular formula is C13H13FN2O4S. The molecule has 6 nitrogen and oxygen atoms in total. The molecule has 0 aliphatic heterocycles. The zero-order chi connectivity index (χ0) is 15.4. The first-order chi connectivity index (χ1) is 9.95. The van der Waals surface area contributed by atoms with E-state index in [1.807, 2.05) is 0 Å². The second kappa shape index (κ2) is 6.57. The number of hydrogen-bond donors (Lipinski definition) is 3. The number of carboxylic acid groups (broad SMARTS) is 1. The largest absolute Gasteiger partial charge is 0.478 e. The Labute approximate surface area is 124 Å². The summed E-state index contributed by atoms with van der Waals surface area (Å²) in [6.45, 7) is 0. The molecule has 1 aromatic carbocycles. The molecule has 112 valence electrons. The monoisotopic (exact) mass is 312 g/mol. The van der Waals surface area contributed by atoms with Crippen molar-refractivity contribution in [2.45, 2.75) is 23.8 Å². The summed E-state index contributed by atoms with van der Waals surface area (Å²) in [7, 11) is 0. The third-order valence-corrected chi connectivity index (χ3v) is 3.73. The van der Waals surface area contributed by atoms with Crippen molar-refractivity contribution in [2.75, 3.05) is 5.75 Å². The van der Waals surface area contributed by atoms with Gasteiger partial charge in [-0.1, -0.05) is 0 Å². The molecule has 0 bridgehead atoms. The van der Waals surface area contributed by atoms with Crippen LogP contribution in [0.5, 0.6) is 0 Å². The van der Waals surface area contributed by atoms with Crippen LogP contribution in [0, 0.1) is 5.82 Å². The van der Waals surface area contributed by atoms with Crippen LogP contribution in [0.3, 0.4) is 0 Å². The zero-order valence-electron chi connectivity index (χ0n) is 10.9. The maximum Gasteiger partial charge on any atom is 0.335 e. The normalized spacial score (nSPS) is 13.6. The second-order valence-electron chi connectivity index (χ2n) is 4.53. The molecule has 0 unspecified atom stereocenters. The zero-order valence-corrected chi connectivity index (χ0v) is 11.7. The molecule has 0 spiro atoms. The number of benzene rings is 1. The summed E-state index contributed by atoms with van der Waals surface area (Å²) in [5.74, 6) is -2.54. The number of carbonyl (C=O) groups is 3. The number of carboxylic acids is 1. The van der Waals surface area contributed by atoms with Gasteiger partial charge in [-0.25, -0.2) is 14.0 Å². The number of amides is 3. The number of hydrogen-bond acceptors (Lipinski definition) is 4. The number of thioether (sulfide) groups is 1. The average molecular weight is 312 g/mol. The first-order valence-electron chi connectivity index (χ1n) is 6.21. The highest BCUT2D eigenvalue weighted by Crippen LogP contribution is 2.23. The molecule has 1 fully saturated rings. The molecule has 2 rings (SSSR count). The highest BCUT2D eigenvalue weighted by molar-refractivity contribution is 8.00. The summed E-state index contributed by atoms with van der Waals surface area (Å²) in [6, 6.07) is 2.90. The Kier molecular flexibility index (Phi) is 4.79. The van der Waals surface area contributed by atoms with Gasteiger partial charge in [-0.3, -0.25) is 10.1 Å². The van der Waals surface area contributed by atoms with Gasteiger partial charge in [0, 0.05) is 10.9 Å². The number of imide groups is 1. The first-order valence-corrected chi connectivity index (χ1v) is 7.20. The van der Waals surface area contributed by atoms with E-state index in [-0.39, 0.29) is 22.3 Å². The molecule has 1 aliphatic rings. The van der Waals surface area contributed by atoms with E-state index in [9.17, 15) is 18.8 Å². The Hall–Kier alpha value is -2.09. The number of aromatic carboxylic acids is 1. The first kappa shape index (κ1) is 15.3. The lowest BCUT2D eigenvalue weighted by atomic mass is 10.2. The number of carbonyl (C=O) groups excluding carboxylic acids is 2. The minimum atomic E-state index is -1.18. The number of nitrogens with one attached hydrogen (secondary N) is 2. The Bertz CT molecular complexity index is 590. The van der Waals surface area contributed by atoms with Gasteiger partial charge in [-0.15, -0.1) is 11.8 Å². The summed E-state index contributed by atoms with van der Waals surface area (Å²) in [4.78, 5) is 33.7. The van der Waals surface area contributed by atoms with Crippen LogP contribution in [0.2, 0.25) is 0 Å². The van der Waals surface area contributed by atoms with Crippen LogP contribution < -0.4 is 10.6 Å². The highest BCUT2D eigenvalue weighted by Gasteiger charge is 2.23. The smallest absolute Gasteiger partial charge is 0.335 e. The van der Waals surface area contributed by atoms with E-state index in [4.69, 9.17) is 5.11 Å². The minimum absolute atomic E-state index is 0.0488. The standard InChI is InChI=1S/C13H13FN2O4S/c14-9-4-1-7(12(18)19)5-10(9)21-6-11(17)16-13(20)15-8-2-3-8/h1,4-5,8H,2-3,6H2,(H,18,19)(H2,15,16,17,20). The quantitative estimate of drug-likeness (QED) is 0.718. The fourth-order valence-corrected chi connectivity index (χ4v) is 2.28. The fourth-order valence-electron chi connectivity index (χ4n) is 1.50. The lowest BCUT2D eigenvalue weighted by molar-refractivity contribution is -0.117. The van der Waals surface area contributed by atoms with Gasteiger partial charge in [0.15, 0.2) is 0 Å². The van der Waals surface area contributed by atoms with Crippen molar-refractivity contribution in [1.82, 2.24) is 10.6 Å². The molecule has 0 atom stereocenters. The molecule has 1 aliphatic carbocycles. The molecule has 3 N–H and O–H groups in total. The second-order valence-corrected chi connectivity index (χ2v) is 5.55. The van der Waals surface area contributed by atoms with Crippen molar-refractivity contribution in [3.63, 3.8) is 0 Å². The van der Waals surface area contributed by atoms with E-state index >= 15 is 0 Å². The summed E-state index contributed by atoms with van der Waals surface area (Å²) in [6.07, 6.45) is 1.81. The Morgan fingerprint density at radius 2 is 2.05 bits per heavy atom. The van der Waals surface area contributed by atoms with Crippen molar-refractivity contribution >= 4 is 29.7 Å². The topological polar surface area (TPSA) is 95.5 Å². The van der Waals surface area contributed by atoms with Gasteiger partial charge < -0.3 is 10.4 Å². The van der Waals surface area contributed by atoms with Gasteiger partial charge in [-0.05, 0) is 31.0 Å². The van der Waals surface area contributed by atoms with Crippen LogP contribution in [0.25, 0.3) is 0 Å². The van der Waals surface area contributed by atoms with Crippen LogP contribution in [-0.4, -0.2) is 34.8 Å². The molecular weight excluding hydrogens is 299 g/mol. The van der Waals surface area contributed by atoms with Crippen molar-refractivity contribution in [1.29, 1.82) is 0 Å². The van der Waals surface area contributed by atoms with Gasteiger partial charge in [-0.2, -0.15) is 0 Å². The predicted molar refractivity (Wildman–Crippen MR) is 73.8 cm³/mol. The summed E-state index contributed by atoms with van der Waals surface area (Å²) >= 11 is 0.833. The molecule has 8 heteroatoms. The van der Waals surface area contributed by atoms with E-state index in [0.717, 1.165) is 42.8 Å². The maximum absolute atomic E-state index is 13.5. The molecule has 0 saturated heterocycles. The lowest BCUT2D eigenvalue weighted by Gasteiger charge is -2.06. The van der Waals surface area contributed by atoms with E-state index in [1.54, 1.807) is 0 Å². The van der Waals surface area contributed by atoms with E-state index in [1.165, 1.54) is 0 Å². The Morgan fingerprint density at radius 3 is 2.67 bits per heavy atom. The molecule has 21 heavy (non-hydrogen) atoms. The molecule has 0 radical (unpaired) electrons. The summed E-state index contributed by atoms with van der Waals surface area (Å²) in [5, 5.41) is 13.5. The van der Waals surface area contributed by atoms with E-state index < -0.39 is 23.7 Å². The maximum atomic E-state index is 13.5. The average Bonchev–Trinajstić information content (AvgIpc) is 3.21. The van der Waals surface area contributed by atoms with Gasteiger partial charge >= 0.3 is 12.0 Å². The molecule has 1 saturated carbocycles. The van der Waals surface area contributed by atoms with Gasteiger partial charge in [0.25, 0.3) is 0 Å². The SMILES string of the molecule is O=C(CSc1cc(C(=O)O)ccc1F)NC(=O)NC1CC1. The number of urea groups is 1. The minimum Gasteiger partial charge on any atom is -0.478 e. The Morgan fingerprint density at radius 1 is 1.33 bits per heavy atom. The highest BCUT2D eigenvalue weighted by atomic mass is 32.2. The van der Waals surface area contributed by atoms with Crippen LogP contribution in [0.1, 0.15) is 23.2 Å². The summed E-state index contributed by atoms with van der Waals surface area (Å²) in [5.41, 5.74) is -0.0641. The van der Waals surface area contributed by atoms with Crippen molar-refractivity contribution < 1.29 is 23.9 Å². The van der Waals surface area contributed by atoms with Crippen LogP contribution in [-0.2, 0) is 4.79 Å². The number of halogens is 1. The van der Waals surface area contributed by atoms with Gasteiger partial charge in [0.05, 0.1) is 11.3 Å². The number of rotatable bonds is 5. The third kappa shape index (κ3) is 4.75. The predicted octanol–water partition coefficient (Wildman–Crippen LogP) is 1.60. The van der Waals surface area contributed by atoms with E-state index in [0.29, 0.717) is 0 Å². The summed E-state index contributed by atoms with van der Waals surface area (Å²) < 4.78 is 13.5. The van der Waals surface area contributed by atoms with Crippen molar-refractivity contribution in [3.05, 3.63) is 29.6 Å². The lowest BCUT2D eigenvalue weighted by Crippen LogP contribution is -2.41. The Balaban J connectivity index is 1.86. The third-order valence-electron chi connectivity index (χ3n) is 2.70.